The molecule has 3 N–H and O–H groups in total. The number of phenolic OH excluding ortho intramolecular Hbond substituents is 1. The van der Waals surface area contributed by atoms with Gasteiger partial charge in [-0.25, -0.2) is 8.78 Å². The molecule has 1 aliphatic heterocycles. The number of phenols is 1. The molecule has 0 saturated carbocycles. The van der Waals surface area contributed by atoms with E-state index in [1.165, 1.54) is 0 Å². The van der Waals surface area contributed by atoms with Crippen LogP contribution in [0.4, 0.5) is 8.78 Å². The molecule has 1 aromatic carbocycles. The predicted molar refractivity (Wildman–Crippen MR) is 112 cm³/mol. The summed E-state index contributed by atoms with van der Waals surface area (Å²) in [7, 11) is 0. The topological polar surface area (TPSA) is 55.7 Å². The zero-order chi connectivity index (χ0) is 20.6. The highest BCUT2D eigenvalue weighted by molar-refractivity contribution is 5.85. The summed E-state index contributed by atoms with van der Waals surface area (Å²) < 4.78 is 29.8. The Morgan fingerprint density at radius 3 is 2.00 bits per heavy atom. The van der Waals surface area contributed by atoms with Gasteiger partial charge in [-0.1, -0.05) is 47.6 Å². The largest absolute Gasteiger partial charge is 0.507 e. The van der Waals surface area contributed by atoms with Crippen molar-refractivity contribution in [1.29, 1.82) is 0 Å². The van der Waals surface area contributed by atoms with Gasteiger partial charge in [0, 0.05) is 31.7 Å². The van der Waals surface area contributed by atoms with Crippen LogP contribution < -0.4 is 5.32 Å². The summed E-state index contributed by atoms with van der Waals surface area (Å²) in [5.41, 5.74) is 1.09. The van der Waals surface area contributed by atoms with E-state index in [0.29, 0.717) is 31.7 Å². The van der Waals surface area contributed by atoms with E-state index in [4.69, 9.17) is 0 Å². The third-order valence-corrected chi connectivity index (χ3v) is 5.24. The second-order valence-electron chi connectivity index (χ2n) is 9.57. The fourth-order valence-corrected chi connectivity index (χ4v) is 3.59. The third kappa shape index (κ3) is 5.35. The second-order valence-corrected chi connectivity index (χ2v) is 9.57. The lowest BCUT2D eigenvalue weighted by Gasteiger charge is -2.40. The van der Waals surface area contributed by atoms with Gasteiger partial charge in [0.15, 0.2) is 0 Å². The van der Waals surface area contributed by atoms with Crippen LogP contribution in [0.15, 0.2) is 12.1 Å². The van der Waals surface area contributed by atoms with E-state index < -0.39 is 24.0 Å². The number of hydrogen-bond acceptors (Lipinski definition) is 4. The van der Waals surface area contributed by atoms with Gasteiger partial charge in [-0.3, -0.25) is 4.90 Å². The second kappa shape index (κ2) is 8.82. The Morgan fingerprint density at radius 1 is 1.04 bits per heavy atom. The summed E-state index contributed by atoms with van der Waals surface area (Å²) in [6, 6.07) is 2.25. The molecule has 0 aromatic heterocycles. The lowest BCUT2D eigenvalue weighted by molar-refractivity contribution is -0.119. The molecule has 0 unspecified atom stereocenters. The van der Waals surface area contributed by atoms with Crippen molar-refractivity contribution in [2.24, 2.45) is 0 Å². The highest BCUT2D eigenvalue weighted by atomic mass is 35.5. The Labute approximate surface area is 173 Å². The number of nitrogens with zero attached hydrogens (tertiary/aromatic N) is 1. The lowest BCUT2D eigenvalue weighted by atomic mass is 9.77. The van der Waals surface area contributed by atoms with Crippen LogP contribution in [0, 0.1) is 0 Å². The van der Waals surface area contributed by atoms with Crippen molar-refractivity contribution < 1.29 is 19.0 Å². The third-order valence-electron chi connectivity index (χ3n) is 5.24. The molecule has 1 heterocycles. The number of hydrogen-bond donors (Lipinski definition) is 3. The van der Waals surface area contributed by atoms with Crippen LogP contribution >= 0.6 is 12.4 Å². The first kappa shape index (κ1) is 25.1. The van der Waals surface area contributed by atoms with Crippen molar-refractivity contribution in [3.63, 3.8) is 0 Å². The minimum absolute atomic E-state index is 0. The van der Waals surface area contributed by atoms with E-state index in [2.05, 4.69) is 5.32 Å². The van der Waals surface area contributed by atoms with Crippen LogP contribution in [-0.2, 0) is 10.8 Å². The summed E-state index contributed by atoms with van der Waals surface area (Å²) in [6.07, 6.45) is 0. The van der Waals surface area contributed by atoms with E-state index in [-0.39, 0.29) is 29.1 Å². The molecule has 0 radical (unpaired) electrons. The van der Waals surface area contributed by atoms with Gasteiger partial charge in [-0.05, 0) is 28.0 Å². The van der Waals surface area contributed by atoms with Gasteiger partial charge in [0.25, 0.3) is 5.92 Å². The van der Waals surface area contributed by atoms with Gasteiger partial charge in [0.2, 0.25) is 0 Å². The molecular formula is C21H35ClF2N2O2. The number of halogens is 3. The number of rotatable bonds is 4. The van der Waals surface area contributed by atoms with Crippen LogP contribution in [0.25, 0.3) is 0 Å². The van der Waals surface area contributed by atoms with Gasteiger partial charge >= 0.3 is 0 Å². The number of aliphatic hydroxyl groups excluding tert-OH is 1. The molecule has 0 amide bonds. The number of aliphatic hydroxyl groups is 1. The highest BCUT2D eigenvalue weighted by Gasteiger charge is 2.46. The van der Waals surface area contributed by atoms with Crippen molar-refractivity contribution in [2.45, 2.75) is 64.3 Å². The molecule has 4 nitrogen and oxygen atoms in total. The molecule has 28 heavy (non-hydrogen) atoms. The molecule has 1 saturated heterocycles. The van der Waals surface area contributed by atoms with Crippen molar-refractivity contribution in [2.75, 3.05) is 32.8 Å². The fourth-order valence-electron chi connectivity index (χ4n) is 3.59. The maximum absolute atomic E-state index is 14.9. The maximum atomic E-state index is 14.9. The van der Waals surface area contributed by atoms with E-state index in [0.717, 1.165) is 5.56 Å². The first-order valence-corrected chi connectivity index (χ1v) is 9.60. The molecule has 1 fully saturated rings. The highest BCUT2D eigenvalue weighted by Crippen LogP contribution is 2.45. The molecule has 2 rings (SSSR count). The number of alkyl halides is 2. The van der Waals surface area contributed by atoms with Crippen LogP contribution in [0.3, 0.4) is 0 Å². The number of piperazine rings is 1. The van der Waals surface area contributed by atoms with E-state index in [1.54, 1.807) is 11.0 Å². The number of nitrogens with one attached hydrogen (secondary N) is 1. The molecule has 0 aliphatic carbocycles. The Balaban J connectivity index is 0.00000392. The molecule has 0 spiro atoms. The summed E-state index contributed by atoms with van der Waals surface area (Å²) in [5, 5.41) is 23.6. The smallest absolute Gasteiger partial charge is 0.290 e. The molecule has 7 heteroatoms. The zero-order valence-electron chi connectivity index (χ0n) is 17.8. The SMILES string of the molecule is CC(C)(C)c1cc([C@@H](N2CCNCC2)C(F)(F)CO)c(O)c(C(C)(C)C)c1.Cl. The zero-order valence-corrected chi connectivity index (χ0v) is 18.6. The molecule has 1 aliphatic rings. The molecule has 162 valence electrons. The Bertz CT molecular complexity index is 664. The number of aromatic hydroxyl groups is 1. The minimum Gasteiger partial charge on any atom is -0.507 e. The van der Waals surface area contributed by atoms with Crippen LogP contribution in [-0.4, -0.2) is 53.8 Å². The molecular weight excluding hydrogens is 386 g/mol. The lowest BCUT2D eigenvalue weighted by Crippen LogP contribution is -2.51. The Hall–Kier alpha value is -0.950. The quantitative estimate of drug-likeness (QED) is 0.689. The maximum Gasteiger partial charge on any atom is 0.290 e. The van der Waals surface area contributed by atoms with Gasteiger partial charge < -0.3 is 15.5 Å². The monoisotopic (exact) mass is 420 g/mol. The summed E-state index contributed by atoms with van der Waals surface area (Å²) >= 11 is 0. The summed E-state index contributed by atoms with van der Waals surface area (Å²) in [6.45, 7) is 12.8. The van der Waals surface area contributed by atoms with Gasteiger partial charge in [0.1, 0.15) is 18.4 Å². The standard InChI is InChI=1S/C21H34F2N2O2.ClH/c1-19(2,3)14-11-15(17(27)16(12-14)20(4,5)6)18(21(22,23)13-26)25-9-7-24-8-10-25;/h11-12,18,24,26-27H,7-10,13H2,1-6H3;1H/t18-;/m1./s1. The first-order chi connectivity index (χ1) is 12.3. The van der Waals surface area contributed by atoms with Gasteiger partial charge in [-0.2, -0.15) is 0 Å². The molecule has 1 aromatic rings. The molecule has 0 bridgehead atoms. The predicted octanol–water partition coefficient (Wildman–Crippen LogP) is 3.98. The van der Waals surface area contributed by atoms with Crippen LogP contribution in [0.1, 0.15) is 64.3 Å². The van der Waals surface area contributed by atoms with Gasteiger partial charge in [0.05, 0.1) is 0 Å². The van der Waals surface area contributed by atoms with E-state index in [1.807, 2.05) is 47.6 Å². The van der Waals surface area contributed by atoms with Crippen molar-refractivity contribution >= 4 is 12.4 Å². The van der Waals surface area contributed by atoms with Crippen LogP contribution in [0.5, 0.6) is 5.75 Å². The number of benzene rings is 1. The first-order valence-electron chi connectivity index (χ1n) is 9.60. The Kier molecular flexibility index (Phi) is 7.90. The van der Waals surface area contributed by atoms with Crippen molar-refractivity contribution in [3.8, 4) is 5.75 Å². The summed E-state index contributed by atoms with van der Waals surface area (Å²) in [4.78, 5) is 1.67. The average molecular weight is 421 g/mol. The fraction of sp³-hybridized carbons (Fsp3) is 0.714. The minimum atomic E-state index is -3.36. The van der Waals surface area contributed by atoms with E-state index in [9.17, 15) is 19.0 Å². The van der Waals surface area contributed by atoms with E-state index >= 15 is 0 Å². The summed E-state index contributed by atoms with van der Waals surface area (Å²) in [5.74, 6) is -3.45. The molecule has 1 atom stereocenters. The average Bonchev–Trinajstić information content (AvgIpc) is 2.55. The van der Waals surface area contributed by atoms with Gasteiger partial charge in [-0.15, -0.1) is 12.4 Å². The van der Waals surface area contributed by atoms with Crippen molar-refractivity contribution in [3.05, 3.63) is 28.8 Å². The normalized spacial score (nSPS) is 17.9. The van der Waals surface area contributed by atoms with Crippen LogP contribution in [0.2, 0.25) is 0 Å². The Morgan fingerprint density at radius 2 is 1.57 bits per heavy atom. The van der Waals surface area contributed by atoms with Crippen molar-refractivity contribution in [1.82, 2.24) is 10.2 Å².